The summed E-state index contributed by atoms with van der Waals surface area (Å²) in [6.45, 7) is 1.22. The molecule has 1 aliphatic rings. The van der Waals surface area contributed by atoms with Gasteiger partial charge in [0.1, 0.15) is 18.3 Å². The number of benzene rings is 1. The molecule has 1 fully saturated rings. The number of hydrogen-bond acceptors (Lipinski definition) is 5. The topological polar surface area (TPSA) is 79.2 Å². The summed E-state index contributed by atoms with van der Waals surface area (Å²) in [5.41, 5.74) is 0.786. The van der Waals surface area contributed by atoms with E-state index in [1.165, 1.54) is 6.92 Å². The lowest BCUT2D eigenvalue weighted by Crippen LogP contribution is -2.53. The van der Waals surface area contributed by atoms with E-state index in [1.807, 2.05) is 30.3 Å². The van der Waals surface area contributed by atoms with Crippen LogP contribution in [0.1, 0.15) is 18.8 Å². The highest BCUT2D eigenvalue weighted by molar-refractivity contribution is 5.16. The van der Waals surface area contributed by atoms with Crippen molar-refractivity contribution in [2.24, 2.45) is 0 Å². The predicted molar refractivity (Wildman–Crippen MR) is 63.7 cm³/mol. The molecule has 1 aromatic rings. The van der Waals surface area contributed by atoms with E-state index in [-0.39, 0.29) is 6.61 Å². The van der Waals surface area contributed by atoms with E-state index in [2.05, 4.69) is 0 Å². The minimum Gasteiger partial charge on any atom is -0.394 e. The zero-order valence-electron chi connectivity index (χ0n) is 10.1. The van der Waals surface area contributed by atoms with E-state index in [1.54, 1.807) is 0 Å². The number of rotatable bonds is 3. The summed E-state index contributed by atoms with van der Waals surface area (Å²) in [4.78, 5) is 0. The van der Waals surface area contributed by atoms with Gasteiger partial charge in [0.25, 0.3) is 0 Å². The van der Waals surface area contributed by atoms with Crippen LogP contribution < -0.4 is 0 Å². The quantitative estimate of drug-likeness (QED) is 0.718. The van der Waals surface area contributed by atoms with Crippen molar-refractivity contribution in [3.05, 3.63) is 35.9 Å². The van der Waals surface area contributed by atoms with Crippen LogP contribution in [0.4, 0.5) is 0 Å². The van der Waals surface area contributed by atoms with Crippen LogP contribution in [0.5, 0.6) is 0 Å². The Morgan fingerprint density at radius 2 is 1.89 bits per heavy atom. The minimum absolute atomic E-state index is 0.322. The third-order valence-corrected chi connectivity index (χ3v) is 3.02. The van der Waals surface area contributed by atoms with Crippen LogP contribution in [0.3, 0.4) is 0 Å². The van der Waals surface area contributed by atoms with Crippen LogP contribution >= 0.6 is 0 Å². The Morgan fingerprint density at radius 3 is 2.44 bits per heavy atom. The molecule has 0 radical (unpaired) electrons. The maximum Gasteiger partial charge on any atom is 0.184 e. The molecule has 0 saturated carbocycles. The number of hydrogen-bond donors (Lipinski definition) is 3. The molecule has 2 rings (SSSR count). The second-order valence-electron chi connectivity index (χ2n) is 4.43. The molecule has 0 aromatic heterocycles. The monoisotopic (exact) mass is 254 g/mol. The fraction of sp³-hybridized carbons (Fsp3) is 0.538. The SMILES string of the molecule is CC(O)C1OC(c2ccccc2)OC(CO)C1O. The van der Waals surface area contributed by atoms with Crippen LogP contribution in [0.15, 0.2) is 30.3 Å². The Kier molecular flexibility index (Phi) is 4.31. The second kappa shape index (κ2) is 5.77. The molecule has 0 aliphatic carbocycles. The van der Waals surface area contributed by atoms with Crippen molar-refractivity contribution in [3.63, 3.8) is 0 Å². The molecule has 1 aromatic carbocycles. The van der Waals surface area contributed by atoms with Crippen LogP contribution in [-0.2, 0) is 9.47 Å². The zero-order chi connectivity index (χ0) is 13.1. The smallest absolute Gasteiger partial charge is 0.184 e. The molecule has 1 heterocycles. The Morgan fingerprint density at radius 1 is 1.22 bits per heavy atom. The van der Waals surface area contributed by atoms with Crippen LogP contribution in [-0.4, -0.2) is 46.3 Å². The van der Waals surface area contributed by atoms with E-state index < -0.39 is 30.7 Å². The summed E-state index contributed by atoms with van der Waals surface area (Å²) in [7, 11) is 0. The highest BCUT2D eigenvalue weighted by Crippen LogP contribution is 2.31. The number of aliphatic hydroxyl groups is 3. The number of aliphatic hydroxyl groups excluding tert-OH is 3. The first-order valence-corrected chi connectivity index (χ1v) is 5.96. The summed E-state index contributed by atoms with van der Waals surface area (Å²) in [6, 6.07) is 9.22. The largest absolute Gasteiger partial charge is 0.394 e. The van der Waals surface area contributed by atoms with E-state index in [0.29, 0.717) is 0 Å². The van der Waals surface area contributed by atoms with Gasteiger partial charge in [0, 0.05) is 5.56 Å². The van der Waals surface area contributed by atoms with Gasteiger partial charge < -0.3 is 24.8 Å². The summed E-state index contributed by atoms with van der Waals surface area (Å²) < 4.78 is 11.0. The third-order valence-electron chi connectivity index (χ3n) is 3.02. The van der Waals surface area contributed by atoms with Gasteiger partial charge in [-0.3, -0.25) is 0 Å². The fourth-order valence-electron chi connectivity index (χ4n) is 2.02. The molecule has 1 saturated heterocycles. The molecule has 5 nitrogen and oxygen atoms in total. The lowest BCUT2D eigenvalue weighted by atomic mass is 10.0. The molecule has 5 atom stereocenters. The van der Waals surface area contributed by atoms with Gasteiger partial charge >= 0.3 is 0 Å². The molecule has 5 heteroatoms. The van der Waals surface area contributed by atoms with Crippen LogP contribution in [0.2, 0.25) is 0 Å². The average Bonchev–Trinajstić information content (AvgIpc) is 2.39. The molecular formula is C13H18O5. The average molecular weight is 254 g/mol. The molecule has 5 unspecified atom stereocenters. The molecule has 1 aliphatic heterocycles. The van der Waals surface area contributed by atoms with Gasteiger partial charge in [0.15, 0.2) is 6.29 Å². The second-order valence-corrected chi connectivity index (χ2v) is 4.43. The van der Waals surface area contributed by atoms with Gasteiger partial charge in [-0.2, -0.15) is 0 Å². The van der Waals surface area contributed by atoms with E-state index in [0.717, 1.165) is 5.56 Å². The van der Waals surface area contributed by atoms with Crippen molar-refractivity contribution >= 4 is 0 Å². The summed E-state index contributed by atoms with van der Waals surface area (Å²) in [5, 5.41) is 28.7. The lowest BCUT2D eigenvalue weighted by Gasteiger charge is -2.40. The van der Waals surface area contributed by atoms with Gasteiger partial charge in [0.05, 0.1) is 12.7 Å². The van der Waals surface area contributed by atoms with Gasteiger partial charge in [0.2, 0.25) is 0 Å². The van der Waals surface area contributed by atoms with Gasteiger partial charge in [-0.15, -0.1) is 0 Å². The van der Waals surface area contributed by atoms with E-state index in [9.17, 15) is 15.3 Å². The highest BCUT2D eigenvalue weighted by Gasteiger charge is 2.40. The molecule has 0 spiro atoms. The zero-order valence-corrected chi connectivity index (χ0v) is 10.1. The van der Waals surface area contributed by atoms with Crippen LogP contribution in [0.25, 0.3) is 0 Å². The summed E-state index contributed by atoms with van der Waals surface area (Å²) in [5.74, 6) is 0. The molecule has 0 amide bonds. The van der Waals surface area contributed by atoms with Crippen LogP contribution in [0, 0.1) is 0 Å². The molecular weight excluding hydrogens is 236 g/mol. The third kappa shape index (κ3) is 2.71. The Balaban J connectivity index is 2.18. The molecule has 3 N–H and O–H groups in total. The molecule has 0 bridgehead atoms. The van der Waals surface area contributed by atoms with Crippen molar-refractivity contribution in [1.29, 1.82) is 0 Å². The van der Waals surface area contributed by atoms with Crippen molar-refractivity contribution in [2.75, 3.05) is 6.61 Å². The van der Waals surface area contributed by atoms with Gasteiger partial charge in [-0.1, -0.05) is 30.3 Å². The predicted octanol–water partition coefficient (Wildman–Crippen LogP) is 0.203. The first-order valence-electron chi connectivity index (χ1n) is 5.96. The summed E-state index contributed by atoms with van der Waals surface area (Å²) in [6.07, 6.45) is -4.12. The van der Waals surface area contributed by atoms with Crippen molar-refractivity contribution in [2.45, 2.75) is 37.6 Å². The fourth-order valence-corrected chi connectivity index (χ4v) is 2.02. The maximum atomic E-state index is 9.89. The van der Waals surface area contributed by atoms with Crippen molar-refractivity contribution in [1.82, 2.24) is 0 Å². The van der Waals surface area contributed by atoms with E-state index in [4.69, 9.17) is 9.47 Å². The molecule has 18 heavy (non-hydrogen) atoms. The standard InChI is InChI=1S/C13H18O5/c1-8(15)12-11(16)10(7-14)17-13(18-12)9-5-3-2-4-6-9/h2-6,8,10-16H,7H2,1H3. The maximum absolute atomic E-state index is 9.89. The Labute approximate surface area is 106 Å². The van der Waals surface area contributed by atoms with Crippen molar-refractivity contribution < 1.29 is 24.8 Å². The summed E-state index contributed by atoms with van der Waals surface area (Å²) >= 11 is 0. The molecule has 100 valence electrons. The number of ether oxygens (including phenoxy) is 2. The normalized spacial score (nSPS) is 34.2. The first kappa shape index (κ1) is 13.5. The highest BCUT2D eigenvalue weighted by atomic mass is 16.7. The first-order chi connectivity index (χ1) is 8.63. The van der Waals surface area contributed by atoms with E-state index >= 15 is 0 Å². The Hall–Kier alpha value is -0.980. The van der Waals surface area contributed by atoms with Gasteiger partial charge in [-0.25, -0.2) is 0 Å². The van der Waals surface area contributed by atoms with Crippen molar-refractivity contribution in [3.8, 4) is 0 Å². The minimum atomic E-state index is -1.05. The van der Waals surface area contributed by atoms with Gasteiger partial charge in [-0.05, 0) is 6.92 Å². The Bertz CT molecular complexity index is 367. The lowest BCUT2D eigenvalue weighted by molar-refractivity contribution is -0.307.